The lowest BCUT2D eigenvalue weighted by Crippen LogP contribution is -2.19. The molecule has 2 aromatic carbocycles. The monoisotopic (exact) mass is 436 g/mol. The Labute approximate surface area is 183 Å². The highest BCUT2D eigenvalue weighted by molar-refractivity contribution is 7.84. The summed E-state index contributed by atoms with van der Waals surface area (Å²) >= 11 is 0. The summed E-state index contributed by atoms with van der Waals surface area (Å²) in [6.45, 7) is 5.64. The molecule has 31 heavy (non-hydrogen) atoms. The number of aryl methyl sites for hydroxylation is 1. The van der Waals surface area contributed by atoms with Crippen LogP contribution in [0, 0.1) is 0 Å². The molecule has 0 saturated carbocycles. The first-order chi connectivity index (χ1) is 14.9. The number of ether oxygens (including phenoxy) is 1. The van der Waals surface area contributed by atoms with Gasteiger partial charge in [-0.2, -0.15) is 14.9 Å². The van der Waals surface area contributed by atoms with E-state index in [4.69, 9.17) is 4.74 Å². The summed E-state index contributed by atoms with van der Waals surface area (Å²) in [4.78, 5) is 13.4. The van der Waals surface area contributed by atoms with Crippen molar-refractivity contribution >= 4 is 27.8 Å². The smallest absolute Gasteiger partial charge is 0.435 e. The maximum atomic E-state index is 12.6. The van der Waals surface area contributed by atoms with Gasteiger partial charge in [0.15, 0.2) is 0 Å². The number of nitrogens with zero attached hydrogens (tertiary/aromatic N) is 4. The van der Waals surface area contributed by atoms with Crippen molar-refractivity contribution in [2.24, 2.45) is 0 Å². The van der Waals surface area contributed by atoms with Crippen LogP contribution in [0.25, 0.3) is 27.8 Å². The minimum absolute atomic E-state index is 0.234. The van der Waals surface area contributed by atoms with E-state index in [0.29, 0.717) is 11.9 Å². The summed E-state index contributed by atoms with van der Waals surface area (Å²) < 4.78 is 20.2. The second-order valence-electron chi connectivity index (χ2n) is 7.45. The van der Waals surface area contributed by atoms with Crippen molar-refractivity contribution < 1.29 is 13.7 Å². The topological polar surface area (TPSA) is 79.0 Å². The van der Waals surface area contributed by atoms with E-state index in [-0.39, 0.29) is 6.10 Å². The van der Waals surface area contributed by atoms with Gasteiger partial charge in [-0.3, -0.25) is 4.21 Å². The summed E-state index contributed by atoms with van der Waals surface area (Å²) in [5, 5.41) is 9.87. The number of hydrogen-bond acceptors (Lipinski definition) is 5. The highest BCUT2D eigenvalue weighted by atomic mass is 32.2. The minimum atomic E-state index is -1.03. The molecule has 0 N–H and O–H groups in total. The molecule has 0 aliphatic rings. The van der Waals surface area contributed by atoms with Crippen LogP contribution in [0.4, 0.5) is 4.79 Å². The normalized spacial score (nSPS) is 12.4. The Hall–Kier alpha value is -3.26. The Morgan fingerprint density at radius 1 is 1.13 bits per heavy atom. The van der Waals surface area contributed by atoms with E-state index in [9.17, 15) is 9.00 Å². The predicted octanol–water partition coefficient (Wildman–Crippen LogP) is 4.58. The van der Waals surface area contributed by atoms with Crippen LogP contribution in [0.15, 0.2) is 59.6 Å². The van der Waals surface area contributed by atoms with Crippen molar-refractivity contribution in [3.05, 3.63) is 60.4 Å². The van der Waals surface area contributed by atoms with Crippen molar-refractivity contribution in [1.29, 1.82) is 0 Å². The molecule has 7 nitrogen and oxygen atoms in total. The van der Waals surface area contributed by atoms with Gasteiger partial charge in [0.2, 0.25) is 0 Å². The van der Waals surface area contributed by atoms with Crippen LogP contribution in [0.2, 0.25) is 0 Å². The van der Waals surface area contributed by atoms with Gasteiger partial charge in [-0.25, -0.2) is 9.48 Å². The highest BCUT2D eigenvalue weighted by Crippen LogP contribution is 2.28. The molecule has 1 unspecified atom stereocenters. The fraction of sp³-hybridized carbons (Fsp3) is 0.261. The first kappa shape index (κ1) is 21.0. The summed E-state index contributed by atoms with van der Waals surface area (Å²) in [5.74, 6) is 0. The van der Waals surface area contributed by atoms with Crippen LogP contribution in [0.3, 0.4) is 0 Å². The molecular formula is C23H24N4O3S. The highest BCUT2D eigenvalue weighted by Gasteiger charge is 2.18. The summed E-state index contributed by atoms with van der Waals surface area (Å²) in [7, 11) is -1.03. The molecule has 0 spiro atoms. The van der Waals surface area contributed by atoms with E-state index >= 15 is 0 Å². The molecule has 1 atom stereocenters. The summed E-state index contributed by atoms with van der Waals surface area (Å²) in [5.41, 5.74) is 4.17. The van der Waals surface area contributed by atoms with Crippen LogP contribution >= 0.6 is 0 Å². The van der Waals surface area contributed by atoms with Gasteiger partial charge in [-0.15, -0.1) is 0 Å². The molecule has 160 valence electrons. The molecule has 0 saturated heterocycles. The SMILES string of the molecule is CCc1nn(C(=O)OC(C)C)c2cc(-c3ccnn3-c3ccc(S(C)=O)cc3)ccc12. The van der Waals surface area contributed by atoms with E-state index in [1.54, 1.807) is 12.5 Å². The molecule has 0 aliphatic carbocycles. The Bertz CT molecular complexity index is 1270. The van der Waals surface area contributed by atoms with E-state index in [0.717, 1.165) is 32.9 Å². The average Bonchev–Trinajstić information content (AvgIpc) is 3.37. The molecule has 8 heteroatoms. The lowest BCUT2D eigenvalue weighted by atomic mass is 10.1. The Morgan fingerprint density at radius 3 is 2.52 bits per heavy atom. The second kappa shape index (κ2) is 8.47. The van der Waals surface area contributed by atoms with Gasteiger partial charge in [0, 0.05) is 32.9 Å². The molecule has 0 radical (unpaired) electrons. The number of carbonyl (C=O) groups is 1. The molecule has 4 aromatic rings. The maximum Gasteiger partial charge on any atom is 0.435 e. The van der Waals surface area contributed by atoms with Crippen molar-refractivity contribution in [2.45, 2.75) is 38.2 Å². The number of aromatic nitrogens is 4. The number of rotatable bonds is 5. The van der Waals surface area contributed by atoms with Gasteiger partial charge < -0.3 is 4.74 Å². The fourth-order valence-corrected chi connectivity index (χ4v) is 4.02. The molecule has 0 amide bonds. The van der Waals surface area contributed by atoms with Crippen LogP contribution in [-0.2, 0) is 22.0 Å². The minimum Gasteiger partial charge on any atom is -0.445 e. The first-order valence-electron chi connectivity index (χ1n) is 10.1. The second-order valence-corrected chi connectivity index (χ2v) is 8.83. The Kier molecular flexibility index (Phi) is 5.73. The number of hydrogen-bond donors (Lipinski definition) is 0. The van der Waals surface area contributed by atoms with Crippen molar-refractivity contribution in [2.75, 3.05) is 6.26 Å². The van der Waals surface area contributed by atoms with E-state index in [1.165, 1.54) is 4.68 Å². The molecule has 2 aromatic heterocycles. The lowest BCUT2D eigenvalue weighted by molar-refractivity contribution is 0.115. The third kappa shape index (κ3) is 4.03. The Balaban J connectivity index is 1.80. The zero-order valence-electron chi connectivity index (χ0n) is 17.9. The van der Waals surface area contributed by atoms with Crippen molar-refractivity contribution in [3.63, 3.8) is 0 Å². The van der Waals surface area contributed by atoms with E-state index in [1.807, 2.05) is 74.0 Å². The summed E-state index contributed by atoms with van der Waals surface area (Å²) in [6.07, 6.45) is 3.37. The third-order valence-corrected chi connectivity index (χ3v) is 5.89. The average molecular weight is 437 g/mol. The zero-order chi connectivity index (χ0) is 22.1. The van der Waals surface area contributed by atoms with Gasteiger partial charge >= 0.3 is 6.09 Å². The standard InChI is InChI=1S/C23H24N4O3S/c1-5-20-19-11-6-16(14-22(19)27(25-20)23(28)30-15(2)3)21-12-13-24-26(21)17-7-9-18(10-8-17)31(4)29/h6-15H,5H2,1-4H3. The Morgan fingerprint density at radius 2 is 1.87 bits per heavy atom. The lowest BCUT2D eigenvalue weighted by Gasteiger charge is -2.10. The zero-order valence-corrected chi connectivity index (χ0v) is 18.7. The number of benzene rings is 2. The largest absolute Gasteiger partial charge is 0.445 e. The van der Waals surface area contributed by atoms with Gasteiger partial charge in [-0.05, 0) is 56.7 Å². The number of fused-ring (bicyclic) bond motifs is 1. The van der Waals surface area contributed by atoms with E-state index < -0.39 is 16.9 Å². The van der Waals surface area contributed by atoms with Crippen molar-refractivity contribution in [1.82, 2.24) is 19.6 Å². The molecular weight excluding hydrogens is 412 g/mol. The van der Waals surface area contributed by atoms with Crippen LogP contribution < -0.4 is 0 Å². The predicted molar refractivity (Wildman–Crippen MR) is 121 cm³/mol. The van der Waals surface area contributed by atoms with Gasteiger partial charge in [0.25, 0.3) is 0 Å². The van der Waals surface area contributed by atoms with Crippen molar-refractivity contribution in [3.8, 4) is 16.9 Å². The molecule has 2 heterocycles. The maximum absolute atomic E-state index is 12.6. The van der Waals surface area contributed by atoms with Gasteiger partial charge in [-0.1, -0.05) is 19.1 Å². The van der Waals surface area contributed by atoms with E-state index in [2.05, 4.69) is 10.2 Å². The quantitative estimate of drug-likeness (QED) is 0.457. The van der Waals surface area contributed by atoms with Gasteiger partial charge in [0.1, 0.15) is 0 Å². The van der Waals surface area contributed by atoms with Crippen LogP contribution in [0.5, 0.6) is 0 Å². The first-order valence-corrected chi connectivity index (χ1v) is 11.7. The van der Waals surface area contributed by atoms with Crippen LogP contribution in [-0.4, -0.2) is 42.2 Å². The molecule has 4 rings (SSSR count). The molecule has 0 fully saturated rings. The van der Waals surface area contributed by atoms with Gasteiger partial charge in [0.05, 0.1) is 34.9 Å². The molecule has 0 bridgehead atoms. The fourth-order valence-electron chi connectivity index (χ4n) is 3.50. The number of carbonyl (C=O) groups excluding carboxylic acids is 1. The summed E-state index contributed by atoms with van der Waals surface area (Å²) in [6, 6.07) is 15.3. The third-order valence-electron chi connectivity index (χ3n) is 4.95. The van der Waals surface area contributed by atoms with Crippen LogP contribution in [0.1, 0.15) is 26.5 Å². The molecule has 0 aliphatic heterocycles.